The lowest BCUT2D eigenvalue weighted by atomic mass is 10.0. The number of nitrogens with zero attached hydrogens (tertiary/aromatic N) is 1. The van der Waals surface area contributed by atoms with E-state index in [1.165, 1.54) is 38.8 Å². The van der Waals surface area contributed by atoms with Gasteiger partial charge in [0.25, 0.3) is 0 Å². The predicted molar refractivity (Wildman–Crippen MR) is 71.8 cm³/mol. The maximum absolute atomic E-state index is 3.77. The van der Waals surface area contributed by atoms with E-state index in [2.05, 4.69) is 30.6 Å². The summed E-state index contributed by atoms with van der Waals surface area (Å²) in [4.78, 5) is 2.62. The molecule has 0 bridgehead atoms. The molecule has 0 aromatic rings. The third kappa shape index (κ3) is 4.67. The average Bonchev–Trinajstić information content (AvgIpc) is 2.34. The molecule has 0 amide bonds. The van der Waals surface area contributed by atoms with Crippen LogP contribution in [-0.2, 0) is 0 Å². The quantitative estimate of drug-likeness (QED) is 0.669. The van der Waals surface area contributed by atoms with E-state index in [4.69, 9.17) is 0 Å². The van der Waals surface area contributed by atoms with E-state index in [9.17, 15) is 0 Å². The second-order valence-electron chi connectivity index (χ2n) is 4.95. The van der Waals surface area contributed by atoms with Gasteiger partial charge in [-0.05, 0) is 45.7 Å². The zero-order valence-corrected chi connectivity index (χ0v) is 11.0. The number of hydrogen-bond acceptors (Lipinski definition) is 2. The molecule has 2 unspecified atom stereocenters. The largest absolute Gasteiger partial charge is 0.313 e. The summed E-state index contributed by atoms with van der Waals surface area (Å²) in [6, 6.07) is 1.39. The van der Waals surface area contributed by atoms with Crippen molar-refractivity contribution in [3.8, 4) is 0 Å². The van der Waals surface area contributed by atoms with Crippen molar-refractivity contribution in [2.75, 3.05) is 19.6 Å². The molecule has 2 heteroatoms. The van der Waals surface area contributed by atoms with Crippen molar-refractivity contribution in [1.29, 1.82) is 0 Å². The molecule has 2 atom stereocenters. The van der Waals surface area contributed by atoms with Crippen LogP contribution in [0.2, 0.25) is 0 Å². The maximum atomic E-state index is 3.77. The number of hydrogen-bond donors (Lipinski definition) is 1. The second-order valence-corrected chi connectivity index (χ2v) is 4.95. The van der Waals surface area contributed by atoms with Crippen LogP contribution in [0.1, 0.15) is 46.0 Å². The van der Waals surface area contributed by atoms with E-state index in [0.29, 0.717) is 6.04 Å². The number of rotatable bonds is 7. The summed E-state index contributed by atoms with van der Waals surface area (Å²) in [5.41, 5.74) is 0. The van der Waals surface area contributed by atoms with Crippen molar-refractivity contribution in [3.63, 3.8) is 0 Å². The van der Waals surface area contributed by atoms with Gasteiger partial charge in [-0.25, -0.2) is 0 Å². The van der Waals surface area contributed by atoms with Crippen molar-refractivity contribution < 1.29 is 0 Å². The summed E-state index contributed by atoms with van der Waals surface area (Å²) in [5.74, 6) is 0. The van der Waals surface area contributed by atoms with Gasteiger partial charge in [0.2, 0.25) is 0 Å². The van der Waals surface area contributed by atoms with E-state index in [0.717, 1.165) is 19.0 Å². The number of piperidine rings is 1. The Labute approximate surface area is 101 Å². The van der Waals surface area contributed by atoms with E-state index >= 15 is 0 Å². The Kier molecular flexibility index (Phi) is 6.74. The number of likely N-dealkylation sites (tertiary alicyclic amines) is 1. The molecule has 0 aromatic heterocycles. The molecule has 16 heavy (non-hydrogen) atoms. The standard InChI is InChI=1S/C14H28N2/c1-4-6-9-13(3)15-12-14-10-7-8-11-16(14)5-2/h4,13-15H,1,5-12H2,2-3H3. The fourth-order valence-corrected chi connectivity index (χ4v) is 2.51. The van der Waals surface area contributed by atoms with Gasteiger partial charge in [-0.1, -0.05) is 19.4 Å². The van der Waals surface area contributed by atoms with Crippen LogP contribution in [0.3, 0.4) is 0 Å². The van der Waals surface area contributed by atoms with Gasteiger partial charge in [0.05, 0.1) is 0 Å². The van der Waals surface area contributed by atoms with Crippen LogP contribution in [0, 0.1) is 0 Å². The molecule has 1 N–H and O–H groups in total. The number of allylic oxidation sites excluding steroid dienone is 1. The highest BCUT2D eigenvalue weighted by Crippen LogP contribution is 2.16. The van der Waals surface area contributed by atoms with Crippen molar-refractivity contribution in [2.45, 2.75) is 58.0 Å². The third-order valence-corrected chi connectivity index (χ3v) is 3.66. The maximum Gasteiger partial charge on any atom is 0.0220 e. The average molecular weight is 224 g/mol. The van der Waals surface area contributed by atoms with Crippen LogP contribution < -0.4 is 5.32 Å². The van der Waals surface area contributed by atoms with Crippen LogP contribution in [0.25, 0.3) is 0 Å². The molecule has 1 fully saturated rings. The molecule has 1 saturated heterocycles. The molecular formula is C14H28N2. The van der Waals surface area contributed by atoms with Crippen molar-refractivity contribution in [2.24, 2.45) is 0 Å². The van der Waals surface area contributed by atoms with Gasteiger partial charge in [-0.3, -0.25) is 4.90 Å². The van der Waals surface area contributed by atoms with Gasteiger partial charge >= 0.3 is 0 Å². The summed E-state index contributed by atoms with van der Waals surface area (Å²) in [6.45, 7) is 12.0. The van der Waals surface area contributed by atoms with Crippen LogP contribution >= 0.6 is 0 Å². The van der Waals surface area contributed by atoms with E-state index < -0.39 is 0 Å². The van der Waals surface area contributed by atoms with Crippen molar-refractivity contribution >= 4 is 0 Å². The molecule has 1 aliphatic rings. The number of likely N-dealkylation sites (N-methyl/N-ethyl adjacent to an activating group) is 1. The van der Waals surface area contributed by atoms with E-state index in [1.54, 1.807) is 0 Å². The molecule has 1 rings (SSSR count). The van der Waals surface area contributed by atoms with Gasteiger partial charge in [-0.2, -0.15) is 0 Å². The number of nitrogens with one attached hydrogen (secondary N) is 1. The molecule has 0 saturated carbocycles. The molecular weight excluding hydrogens is 196 g/mol. The molecule has 0 aromatic carbocycles. The van der Waals surface area contributed by atoms with Crippen LogP contribution in [-0.4, -0.2) is 36.6 Å². The fraction of sp³-hybridized carbons (Fsp3) is 0.857. The smallest absolute Gasteiger partial charge is 0.0220 e. The lowest BCUT2D eigenvalue weighted by Gasteiger charge is -2.35. The summed E-state index contributed by atoms with van der Waals surface area (Å²) >= 11 is 0. The predicted octanol–water partition coefficient (Wildman–Crippen LogP) is 2.81. The highest BCUT2D eigenvalue weighted by Gasteiger charge is 2.20. The zero-order chi connectivity index (χ0) is 11.8. The highest BCUT2D eigenvalue weighted by molar-refractivity contribution is 4.79. The van der Waals surface area contributed by atoms with Gasteiger partial charge in [0.15, 0.2) is 0 Å². The molecule has 1 aliphatic heterocycles. The fourth-order valence-electron chi connectivity index (χ4n) is 2.51. The van der Waals surface area contributed by atoms with Crippen LogP contribution in [0.15, 0.2) is 12.7 Å². The zero-order valence-electron chi connectivity index (χ0n) is 11.0. The lowest BCUT2D eigenvalue weighted by Crippen LogP contribution is -2.46. The Bertz CT molecular complexity index is 191. The Hall–Kier alpha value is -0.340. The summed E-state index contributed by atoms with van der Waals surface area (Å²) < 4.78 is 0. The molecule has 0 spiro atoms. The monoisotopic (exact) mass is 224 g/mol. The van der Waals surface area contributed by atoms with Gasteiger partial charge in [-0.15, -0.1) is 6.58 Å². The van der Waals surface area contributed by atoms with Crippen LogP contribution in [0.5, 0.6) is 0 Å². The van der Waals surface area contributed by atoms with Crippen LogP contribution in [0.4, 0.5) is 0 Å². The van der Waals surface area contributed by atoms with E-state index in [-0.39, 0.29) is 0 Å². The van der Waals surface area contributed by atoms with Gasteiger partial charge in [0, 0.05) is 18.6 Å². The van der Waals surface area contributed by atoms with Gasteiger partial charge in [0.1, 0.15) is 0 Å². The lowest BCUT2D eigenvalue weighted by molar-refractivity contribution is 0.150. The first kappa shape index (κ1) is 13.7. The molecule has 2 nitrogen and oxygen atoms in total. The third-order valence-electron chi connectivity index (χ3n) is 3.66. The minimum Gasteiger partial charge on any atom is -0.313 e. The van der Waals surface area contributed by atoms with E-state index in [1.807, 2.05) is 6.08 Å². The first-order valence-electron chi connectivity index (χ1n) is 6.86. The first-order valence-corrected chi connectivity index (χ1v) is 6.86. The Balaban J connectivity index is 2.21. The summed E-state index contributed by atoms with van der Waals surface area (Å²) in [7, 11) is 0. The van der Waals surface area contributed by atoms with Gasteiger partial charge < -0.3 is 5.32 Å². The van der Waals surface area contributed by atoms with Crippen molar-refractivity contribution in [3.05, 3.63) is 12.7 Å². The molecule has 94 valence electrons. The Morgan fingerprint density at radius 1 is 1.50 bits per heavy atom. The Morgan fingerprint density at radius 2 is 2.31 bits per heavy atom. The first-order chi connectivity index (χ1) is 7.77. The topological polar surface area (TPSA) is 15.3 Å². The normalized spacial score (nSPS) is 24.2. The molecule has 1 heterocycles. The highest BCUT2D eigenvalue weighted by atomic mass is 15.2. The minimum atomic E-state index is 0.624. The van der Waals surface area contributed by atoms with Crippen molar-refractivity contribution in [1.82, 2.24) is 10.2 Å². The second kappa shape index (κ2) is 7.86. The Morgan fingerprint density at radius 3 is 3.00 bits per heavy atom. The summed E-state index contributed by atoms with van der Waals surface area (Å²) in [5, 5.41) is 3.66. The molecule has 0 aliphatic carbocycles. The summed E-state index contributed by atoms with van der Waals surface area (Å²) in [6.07, 6.45) is 8.51. The minimum absolute atomic E-state index is 0.624. The SMILES string of the molecule is C=CCCC(C)NCC1CCCCN1CC. The molecule has 0 radical (unpaired) electrons.